The number of hydrogen-bond donors (Lipinski definition) is 1. The summed E-state index contributed by atoms with van der Waals surface area (Å²) in [5.74, 6) is 0.703. The number of aromatic nitrogens is 1. The summed E-state index contributed by atoms with van der Waals surface area (Å²) < 4.78 is 5.90. The van der Waals surface area contributed by atoms with Crippen molar-refractivity contribution in [3.8, 4) is 5.88 Å². The first-order chi connectivity index (χ1) is 8.15. The molecule has 2 N–H and O–H groups in total. The molecule has 1 aromatic heterocycles. The standard InChI is InChI=1S/C13H21N3O/c1-10(14)11-3-6-15-13(9-11)17-12-4-7-16(2)8-5-12/h3,6,9-10,12H,4-5,7-8,14H2,1-2H3. The fraction of sp³-hybridized carbons (Fsp3) is 0.615. The van der Waals surface area contributed by atoms with Crippen LogP contribution in [0.1, 0.15) is 31.4 Å². The van der Waals surface area contributed by atoms with E-state index in [0.29, 0.717) is 12.0 Å². The van der Waals surface area contributed by atoms with Gasteiger partial charge in [0.25, 0.3) is 0 Å². The number of nitrogens with two attached hydrogens (primary N) is 1. The number of rotatable bonds is 3. The van der Waals surface area contributed by atoms with Gasteiger partial charge in [0.2, 0.25) is 5.88 Å². The Bertz CT molecular complexity index is 359. The monoisotopic (exact) mass is 235 g/mol. The molecule has 17 heavy (non-hydrogen) atoms. The smallest absolute Gasteiger partial charge is 0.213 e. The van der Waals surface area contributed by atoms with E-state index in [1.54, 1.807) is 6.20 Å². The number of hydrogen-bond acceptors (Lipinski definition) is 4. The van der Waals surface area contributed by atoms with Gasteiger partial charge in [0, 0.05) is 31.4 Å². The molecule has 4 nitrogen and oxygen atoms in total. The highest BCUT2D eigenvalue weighted by Crippen LogP contribution is 2.19. The Morgan fingerprint density at radius 1 is 1.47 bits per heavy atom. The topological polar surface area (TPSA) is 51.4 Å². The Balaban J connectivity index is 1.96. The molecule has 1 aromatic rings. The van der Waals surface area contributed by atoms with Crippen molar-refractivity contribution in [1.82, 2.24) is 9.88 Å². The molecule has 0 saturated carbocycles. The zero-order valence-corrected chi connectivity index (χ0v) is 10.6. The zero-order chi connectivity index (χ0) is 12.3. The van der Waals surface area contributed by atoms with Crippen molar-refractivity contribution in [3.63, 3.8) is 0 Å². The maximum absolute atomic E-state index is 5.90. The molecular formula is C13H21N3O. The van der Waals surface area contributed by atoms with Gasteiger partial charge in [-0.1, -0.05) is 0 Å². The lowest BCUT2D eigenvalue weighted by Crippen LogP contribution is -2.35. The Morgan fingerprint density at radius 3 is 2.82 bits per heavy atom. The van der Waals surface area contributed by atoms with Gasteiger partial charge in [-0.3, -0.25) is 0 Å². The lowest BCUT2D eigenvalue weighted by molar-refractivity contribution is 0.110. The van der Waals surface area contributed by atoms with Crippen LogP contribution in [-0.4, -0.2) is 36.1 Å². The van der Waals surface area contributed by atoms with Gasteiger partial charge in [0.1, 0.15) is 6.10 Å². The maximum Gasteiger partial charge on any atom is 0.213 e. The summed E-state index contributed by atoms with van der Waals surface area (Å²) in [5, 5.41) is 0. The Hall–Kier alpha value is -1.13. The van der Waals surface area contributed by atoms with Crippen molar-refractivity contribution in [3.05, 3.63) is 23.9 Å². The van der Waals surface area contributed by atoms with Crippen LogP contribution in [0.15, 0.2) is 18.3 Å². The van der Waals surface area contributed by atoms with E-state index in [4.69, 9.17) is 10.5 Å². The highest BCUT2D eigenvalue weighted by molar-refractivity contribution is 5.23. The fourth-order valence-electron chi connectivity index (χ4n) is 2.05. The number of nitrogens with zero attached hydrogens (tertiary/aromatic N) is 2. The first-order valence-electron chi connectivity index (χ1n) is 6.22. The summed E-state index contributed by atoms with van der Waals surface area (Å²) in [6.07, 6.45) is 4.20. The number of piperidine rings is 1. The molecule has 0 bridgehead atoms. The van der Waals surface area contributed by atoms with Crippen molar-refractivity contribution in [2.24, 2.45) is 5.73 Å². The summed E-state index contributed by atoms with van der Waals surface area (Å²) in [6.45, 7) is 4.16. The van der Waals surface area contributed by atoms with Gasteiger partial charge in [-0.25, -0.2) is 4.98 Å². The Kier molecular flexibility index (Phi) is 3.97. The number of pyridine rings is 1. The van der Waals surface area contributed by atoms with Gasteiger partial charge in [0.15, 0.2) is 0 Å². The molecule has 1 atom stereocenters. The average molecular weight is 235 g/mol. The third kappa shape index (κ3) is 3.41. The third-order valence-electron chi connectivity index (χ3n) is 3.24. The summed E-state index contributed by atoms with van der Waals surface area (Å²) in [4.78, 5) is 6.57. The normalized spacial score (nSPS) is 20.2. The third-order valence-corrected chi connectivity index (χ3v) is 3.24. The minimum atomic E-state index is 0.0258. The number of likely N-dealkylation sites (tertiary alicyclic amines) is 1. The first-order valence-corrected chi connectivity index (χ1v) is 6.22. The molecular weight excluding hydrogens is 214 g/mol. The molecule has 0 aliphatic carbocycles. The van der Waals surface area contributed by atoms with E-state index in [1.807, 2.05) is 19.1 Å². The van der Waals surface area contributed by atoms with Crippen LogP contribution >= 0.6 is 0 Å². The van der Waals surface area contributed by atoms with Crippen LogP contribution in [-0.2, 0) is 0 Å². The predicted octanol–water partition coefficient (Wildman–Crippen LogP) is 1.57. The van der Waals surface area contributed by atoms with Gasteiger partial charge in [-0.2, -0.15) is 0 Å². The van der Waals surface area contributed by atoms with Gasteiger partial charge in [0.05, 0.1) is 0 Å². The minimum absolute atomic E-state index is 0.0258. The molecule has 1 aliphatic rings. The van der Waals surface area contributed by atoms with E-state index in [0.717, 1.165) is 31.5 Å². The van der Waals surface area contributed by atoms with Crippen molar-refractivity contribution < 1.29 is 4.74 Å². The SMILES string of the molecule is CC(N)c1ccnc(OC2CCN(C)CC2)c1. The van der Waals surface area contributed by atoms with Gasteiger partial charge < -0.3 is 15.4 Å². The molecule has 0 spiro atoms. The van der Waals surface area contributed by atoms with E-state index in [-0.39, 0.29) is 6.04 Å². The molecule has 2 heterocycles. The van der Waals surface area contributed by atoms with E-state index < -0.39 is 0 Å². The summed E-state index contributed by atoms with van der Waals surface area (Å²) in [5.41, 5.74) is 6.92. The summed E-state index contributed by atoms with van der Waals surface area (Å²) >= 11 is 0. The van der Waals surface area contributed by atoms with Crippen LogP contribution in [0.5, 0.6) is 5.88 Å². The molecule has 1 fully saturated rings. The second-order valence-corrected chi connectivity index (χ2v) is 4.84. The largest absolute Gasteiger partial charge is 0.474 e. The molecule has 1 unspecified atom stereocenters. The maximum atomic E-state index is 5.90. The second-order valence-electron chi connectivity index (χ2n) is 4.84. The van der Waals surface area contributed by atoms with Gasteiger partial charge in [-0.15, -0.1) is 0 Å². The summed E-state index contributed by atoms with van der Waals surface area (Å²) in [6, 6.07) is 3.91. The van der Waals surface area contributed by atoms with Gasteiger partial charge in [-0.05, 0) is 38.4 Å². The quantitative estimate of drug-likeness (QED) is 0.864. The molecule has 94 valence electrons. The highest BCUT2D eigenvalue weighted by atomic mass is 16.5. The van der Waals surface area contributed by atoms with Crippen molar-refractivity contribution in [2.45, 2.75) is 31.9 Å². The van der Waals surface area contributed by atoms with E-state index in [1.165, 1.54) is 0 Å². The fourth-order valence-corrected chi connectivity index (χ4v) is 2.05. The molecule has 0 aromatic carbocycles. The van der Waals surface area contributed by atoms with Crippen molar-refractivity contribution in [1.29, 1.82) is 0 Å². The van der Waals surface area contributed by atoms with Crippen LogP contribution < -0.4 is 10.5 Å². The molecule has 0 amide bonds. The molecule has 1 saturated heterocycles. The van der Waals surface area contributed by atoms with Crippen LogP contribution in [0.25, 0.3) is 0 Å². The average Bonchev–Trinajstić information content (AvgIpc) is 2.32. The number of ether oxygens (including phenoxy) is 1. The van der Waals surface area contributed by atoms with Crippen LogP contribution in [0, 0.1) is 0 Å². The Morgan fingerprint density at radius 2 is 2.18 bits per heavy atom. The molecule has 1 aliphatic heterocycles. The van der Waals surface area contributed by atoms with Crippen LogP contribution in [0.4, 0.5) is 0 Å². The van der Waals surface area contributed by atoms with Crippen LogP contribution in [0.3, 0.4) is 0 Å². The van der Waals surface area contributed by atoms with Crippen LogP contribution in [0.2, 0.25) is 0 Å². The Labute approximate surface area is 103 Å². The molecule has 4 heteroatoms. The summed E-state index contributed by atoms with van der Waals surface area (Å²) in [7, 11) is 2.14. The lowest BCUT2D eigenvalue weighted by Gasteiger charge is -2.29. The van der Waals surface area contributed by atoms with Gasteiger partial charge >= 0.3 is 0 Å². The predicted molar refractivity (Wildman–Crippen MR) is 68.0 cm³/mol. The second kappa shape index (κ2) is 5.47. The highest BCUT2D eigenvalue weighted by Gasteiger charge is 2.18. The first kappa shape index (κ1) is 12.3. The zero-order valence-electron chi connectivity index (χ0n) is 10.6. The van der Waals surface area contributed by atoms with E-state index >= 15 is 0 Å². The van der Waals surface area contributed by atoms with Crippen molar-refractivity contribution in [2.75, 3.05) is 20.1 Å². The van der Waals surface area contributed by atoms with Crippen molar-refractivity contribution >= 4 is 0 Å². The minimum Gasteiger partial charge on any atom is -0.474 e. The molecule has 2 rings (SSSR count). The van der Waals surface area contributed by atoms with E-state index in [2.05, 4.69) is 16.9 Å². The lowest BCUT2D eigenvalue weighted by atomic mass is 10.1. The van der Waals surface area contributed by atoms with E-state index in [9.17, 15) is 0 Å². The molecule has 0 radical (unpaired) electrons.